The molecule has 0 bridgehead atoms. The van der Waals surface area contributed by atoms with Crippen molar-refractivity contribution in [3.63, 3.8) is 0 Å². The SMILES string of the molecule is CCNCC(C)C(C)Cc1nccn1CC. The van der Waals surface area contributed by atoms with E-state index in [4.69, 9.17) is 0 Å². The molecule has 2 unspecified atom stereocenters. The van der Waals surface area contributed by atoms with Gasteiger partial charge in [-0.05, 0) is 31.8 Å². The molecule has 1 aromatic heterocycles. The lowest BCUT2D eigenvalue weighted by molar-refractivity contribution is 0.359. The molecule has 1 N–H and O–H groups in total. The van der Waals surface area contributed by atoms with Gasteiger partial charge in [-0.25, -0.2) is 4.98 Å². The highest BCUT2D eigenvalue weighted by atomic mass is 15.0. The first-order valence-corrected chi connectivity index (χ1v) is 6.39. The van der Waals surface area contributed by atoms with Crippen molar-refractivity contribution in [3.05, 3.63) is 18.2 Å². The molecule has 3 nitrogen and oxygen atoms in total. The van der Waals surface area contributed by atoms with Crippen LogP contribution in [0, 0.1) is 11.8 Å². The van der Waals surface area contributed by atoms with E-state index < -0.39 is 0 Å². The van der Waals surface area contributed by atoms with Crippen LogP contribution in [0.15, 0.2) is 12.4 Å². The fraction of sp³-hybridized carbons (Fsp3) is 0.769. The fourth-order valence-corrected chi connectivity index (χ4v) is 1.88. The van der Waals surface area contributed by atoms with Gasteiger partial charge in [0.25, 0.3) is 0 Å². The van der Waals surface area contributed by atoms with E-state index in [0.29, 0.717) is 11.8 Å². The van der Waals surface area contributed by atoms with Crippen molar-refractivity contribution in [1.29, 1.82) is 0 Å². The molecule has 0 saturated carbocycles. The number of hydrogen-bond acceptors (Lipinski definition) is 2. The standard InChI is InChI=1S/C13H25N3/c1-5-14-10-12(4)11(3)9-13-15-7-8-16(13)6-2/h7-8,11-12,14H,5-6,9-10H2,1-4H3. The van der Waals surface area contributed by atoms with Crippen LogP contribution in [0.5, 0.6) is 0 Å². The van der Waals surface area contributed by atoms with Gasteiger partial charge >= 0.3 is 0 Å². The van der Waals surface area contributed by atoms with E-state index in [1.807, 2.05) is 6.20 Å². The van der Waals surface area contributed by atoms with Gasteiger partial charge in [-0.3, -0.25) is 0 Å². The topological polar surface area (TPSA) is 29.9 Å². The van der Waals surface area contributed by atoms with Gasteiger partial charge in [-0.2, -0.15) is 0 Å². The molecule has 92 valence electrons. The van der Waals surface area contributed by atoms with Crippen molar-refractivity contribution in [1.82, 2.24) is 14.9 Å². The van der Waals surface area contributed by atoms with Crippen molar-refractivity contribution in [3.8, 4) is 0 Å². The van der Waals surface area contributed by atoms with E-state index in [9.17, 15) is 0 Å². The number of imidazole rings is 1. The summed E-state index contributed by atoms with van der Waals surface area (Å²) < 4.78 is 2.23. The van der Waals surface area contributed by atoms with Crippen LogP contribution in [0.3, 0.4) is 0 Å². The van der Waals surface area contributed by atoms with Crippen LogP contribution in [0.2, 0.25) is 0 Å². The molecule has 0 spiro atoms. The molecule has 1 rings (SSSR count). The Kier molecular flexibility index (Phi) is 5.53. The zero-order valence-corrected chi connectivity index (χ0v) is 11.0. The zero-order chi connectivity index (χ0) is 12.0. The number of rotatable bonds is 7. The summed E-state index contributed by atoms with van der Waals surface area (Å²) in [5.74, 6) is 2.59. The molecule has 3 heteroatoms. The Labute approximate surface area is 99.3 Å². The lowest BCUT2D eigenvalue weighted by Crippen LogP contribution is -2.26. The highest BCUT2D eigenvalue weighted by Crippen LogP contribution is 2.15. The molecule has 0 radical (unpaired) electrons. The Bertz CT molecular complexity index is 293. The van der Waals surface area contributed by atoms with E-state index >= 15 is 0 Å². The normalized spacial score (nSPS) is 15.0. The van der Waals surface area contributed by atoms with Crippen LogP contribution in [-0.4, -0.2) is 22.6 Å². The molecule has 0 fully saturated rings. The second-order valence-electron chi connectivity index (χ2n) is 4.60. The fourth-order valence-electron chi connectivity index (χ4n) is 1.88. The number of nitrogens with one attached hydrogen (secondary N) is 1. The molecular formula is C13H25N3. The second kappa shape index (κ2) is 6.69. The lowest BCUT2D eigenvalue weighted by Gasteiger charge is -2.20. The molecule has 0 aliphatic heterocycles. The first-order chi connectivity index (χ1) is 7.69. The van der Waals surface area contributed by atoms with Crippen LogP contribution >= 0.6 is 0 Å². The van der Waals surface area contributed by atoms with E-state index in [1.54, 1.807) is 0 Å². The molecule has 0 saturated heterocycles. The molecular weight excluding hydrogens is 198 g/mol. The highest BCUT2D eigenvalue weighted by Gasteiger charge is 2.14. The van der Waals surface area contributed by atoms with E-state index in [-0.39, 0.29) is 0 Å². The summed E-state index contributed by atoms with van der Waals surface area (Å²) in [7, 11) is 0. The summed E-state index contributed by atoms with van der Waals surface area (Å²) in [6, 6.07) is 0. The Morgan fingerprint density at radius 1 is 1.31 bits per heavy atom. The first kappa shape index (κ1) is 13.2. The maximum atomic E-state index is 4.43. The van der Waals surface area contributed by atoms with Crippen molar-refractivity contribution >= 4 is 0 Å². The van der Waals surface area contributed by atoms with Gasteiger partial charge in [-0.1, -0.05) is 20.8 Å². The third-order valence-electron chi connectivity index (χ3n) is 3.33. The predicted octanol–water partition coefficient (Wildman–Crippen LogP) is 2.33. The molecule has 2 atom stereocenters. The summed E-state index contributed by atoms with van der Waals surface area (Å²) >= 11 is 0. The predicted molar refractivity (Wildman–Crippen MR) is 68.5 cm³/mol. The number of hydrogen-bond donors (Lipinski definition) is 1. The van der Waals surface area contributed by atoms with E-state index in [1.165, 1.54) is 5.82 Å². The molecule has 0 aliphatic rings. The van der Waals surface area contributed by atoms with Gasteiger partial charge in [0.05, 0.1) is 0 Å². The van der Waals surface area contributed by atoms with E-state index in [0.717, 1.165) is 26.1 Å². The number of aryl methyl sites for hydroxylation is 1. The van der Waals surface area contributed by atoms with Crippen molar-refractivity contribution in [2.24, 2.45) is 11.8 Å². The van der Waals surface area contributed by atoms with Gasteiger partial charge in [0.2, 0.25) is 0 Å². The van der Waals surface area contributed by atoms with Crippen LogP contribution in [-0.2, 0) is 13.0 Å². The number of nitrogens with zero attached hydrogens (tertiary/aromatic N) is 2. The highest BCUT2D eigenvalue weighted by molar-refractivity contribution is 4.94. The van der Waals surface area contributed by atoms with E-state index in [2.05, 4.69) is 48.8 Å². The Hall–Kier alpha value is -0.830. The van der Waals surface area contributed by atoms with Crippen molar-refractivity contribution in [2.45, 2.75) is 40.7 Å². The Morgan fingerprint density at radius 3 is 2.69 bits per heavy atom. The van der Waals surface area contributed by atoms with Crippen LogP contribution in [0.25, 0.3) is 0 Å². The van der Waals surface area contributed by atoms with Crippen LogP contribution in [0.1, 0.15) is 33.5 Å². The summed E-state index contributed by atoms with van der Waals surface area (Å²) in [6.07, 6.45) is 5.05. The smallest absolute Gasteiger partial charge is 0.108 e. The first-order valence-electron chi connectivity index (χ1n) is 6.39. The van der Waals surface area contributed by atoms with Crippen molar-refractivity contribution in [2.75, 3.05) is 13.1 Å². The van der Waals surface area contributed by atoms with Gasteiger partial charge in [0.15, 0.2) is 0 Å². The molecule has 1 aromatic rings. The molecule has 16 heavy (non-hydrogen) atoms. The van der Waals surface area contributed by atoms with Gasteiger partial charge in [0.1, 0.15) is 5.82 Å². The summed E-state index contributed by atoms with van der Waals surface area (Å²) in [6.45, 7) is 12.1. The summed E-state index contributed by atoms with van der Waals surface area (Å²) in [4.78, 5) is 4.43. The Balaban J connectivity index is 2.47. The largest absolute Gasteiger partial charge is 0.335 e. The third kappa shape index (κ3) is 3.63. The minimum absolute atomic E-state index is 0.673. The Morgan fingerprint density at radius 2 is 2.06 bits per heavy atom. The lowest BCUT2D eigenvalue weighted by atomic mass is 9.92. The average molecular weight is 223 g/mol. The van der Waals surface area contributed by atoms with Crippen LogP contribution < -0.4 is 5.32 Å². The van der Waals surface area contributed by atoms with Gasteiger partial charge in [-0.15, -0.1) is 0 Å². The summed E-state index contributed by atoms with van der Waals surface area (Å²) in [5.41, 5.74) is 0. The van der Waals surface area contributed by atoms with Crippen LogP contribution in [0.4, 0.5) is 0 Å². The van der Waals surface area contributed by atoms with Gasteiger partial charge < -0.3 is 9.88 Å². The molecule has 0 aliphatic carbocycles. The minimum atomic E-state index is 0.673. The second-order valence-corrected chi connectivity index (χ2v) is 4.60. The average Bonchev–Trinajstić information content (AvgIpc) is 2.72. The van der Waals surface area contributed by atoms with Crippen molar-refractivity contribution < 1.29 is 0 Å². The maximum Gasteiger partial charge on any atom is 0.108 e. The third-order valence-corrected chi connectivity index (χ3v) is 3.33. The quantitative estimate of drug-likeness (QED) is 0.769. The molecule has 0 amide bonds. The number of aromatic nitrogens is 2. The summed E-state index contributed by atoms with van der Waals surface area (Å²) in [5, 5.41) is 3.41. The monoisotopic (exact) mass is 223 g/mol. The minimum Gasteiger partial charge on any atom is -0.335 e. The maximum absolute atomic E-state index is 4.43. The molecule has 0 aromatic carbocycles. The molecule has 1 heterocycles. The van der Waals surface area contributed by atoms with Gasteiger partial charge in [0, 0.05) is 25.4 Å². The zero-order valence-electron chi connectivity index (χ0n) is 11.0.